The number of fused-ring (bicyclic) bond motifs is 1. The number of hydrogen-bond acceptors (Lipinski definition) is 7. The quantitative estimate of drug-likeness (QED) is 0.206. The van der Waals surface area contributed by atoms with E-state index in [0.29, 0.717) is 30.4 Å². The summed E-state index contributed by atoms with van der Waals surface area (Å²) in [7, 11) is -0.565. The molecule has 0 unspecified atom stereocenters. The van der Waals surface area contributed by atoms with Crippen molar-refractivity contribution >= 4 is 38.7 Å². The highest BCUT2D eigenvalue weighted by atomic mass is 35.5. The highest BCUT2D eigenvalue weighted by Crippen LogP contribution is 2.29. The summed E-state index contributed by atoms with van der Waals surface area (Å²) < 4.78 is 38.5. The van der Waals surface area contributed by atoms with Crippen LogP contribution in [0.3, 0.4) is 0 Å². The Morgan fingerprint density at radius 2 is 1.76 bits per heavy atom. The highest BCUT2D eigenvalue weighted by Gasteiger charge is 2.19. The largest absolute Gasteiger partial charge is 0.515 e. The first-order chi connectivity index (χ1) is 20.0. The van der Waals surface area contributed by atoms with Crippen molar-refractivity contribution < 1.29 is 27.8 Å². The summed E-state index contributed by atoms with van der Waals surface area (Å²) in [4.78, 5) is 12.4. The molecule has 0 aliphatic rings. The van der Waals surface area contributed by atoms with Crippen LogP contribution in [0, 0.1) is 0 Å². The number of carbonyl (C=O) groups is 1. The Labute approximate surface area is 251 Å². The molecule has 224 valence electrons. The Hall–Kier alpha value is -3.41. The van der Waals surface area contributed by atoms with Gasteiger partial charge in [-0.3, -0.25) is 0 Å². The summed E-state index contributed by atoms with van der Waals surface area (Å²) in [5.74, 6) is 0.321. The fourth-order valence-corrected chi connectivity index (χ4v) is 5.73. The van der Waals surface area contributed by atoms with Crippen LogP contribution in [0.15, 0.2) is 77.7 Å². The number of hydrogen-bond donors (Lipinski definition) is 2. The third kappa shape index (κ3) is 7.70. The molecule has 3 aromatic carbocycles. The van der Waals surface area contributed by atoms with Crippen molar-refractivity contribution in [1.29, 1.82) is 0 Å². The van der Waals surface area contributed by atoms with E-state index in [1.165, 1.54) is 18.4 Å². The van der Waals surface area contributed by atoms with E-state index < -0.39 is 22.3 Å². The average molecular weight is 614 g/mol. The van der Waals surface area contributed by atoms with Gasteiger partial charge >= 0.3 is 6.16 Å². The van der Waals surface area contributed by atoms with E-state index in [0.717, 1.165) is 27.6 Å². The van der Waals surface area contributed by atoms with Crippen LogP contribution in [0.4, 0.5) is 4.79 Å². The topological polar surface area (TPSA) is 110 Å². The van der Waals surface area contributed by atoms with E-state index in [1.807, 2.05) is 34.9 Å². The minimum atomic E-state index is -3.54. The zero-order chi connectivity index (χ0) is 30.4. The number of halogens is 1. The summed E-state index contributed by atoms with van der Waals surface area (Å²) in [5.41, 5.74) is 3.50. The monoisotopic (exact) mass is 613 g/mol. The number of rotatable bonds is 12. The summed E-state index contributed by atoms with van der Waals surface area (Å²) in [6.07, 6.45) is -0.771. The predicted molar refractivity (Wildman–Crippen MR) is 164 cm³/mol. The van der Waals surface area contributed by atoms with Crippen LogP contribution < -0.4 is 10.1 Å². The molecule has 0 saturated heterocycles. The second-order valence-corrected chi connectivity index (χ2v) is 12.9. The van der Waals surface area contributed by atoms with Gasteiger partial charge in [0.2, 0.25) is 15.9 Å². The molecular weight excluding hydrogens is 578 g/mol. The van der Waals surface area contributed by atoms with Crippen LogP contribution in [0.5, 0.6) is 5.88 Å². The van der Waals surface area contributed by atoms with Crippen molar-refractivity contribution in [2.45, 2.75) is 43.9 Å². The van der Waals surface area contributed by atoms with Crippen LogP contribution in [0.25, 0.3) is 10.9 Å². The summed E-state index contributed by atoms with van der Waals surface area (Å²) in [6, 6.07) is 21.7. The molecule has 0 saturated carbocycles. The maximum atomic E-state index is 12.5. The molecule has 2 N–H and O–H groups in total. The number of aliphatic hydroxyl groups excluding tert-OH is 1. The predicted octanol–water partition coefficient (Wildman–Crippen LogP) is 5.38. The van der Waals surface area contributed by atoms with Crippen LogP contribution in [-0.2, 0) is 27.7 Å². The Bertz CT molecular complexity index is 1640. The molecule has 4 aromatic rings. The molecule has 4 rings (SSSR count). The first-order valence-electron chi connectivity index (χ1n) is 13.6. The summed E-state index contributed by atoms with van der Waals surface area (Å²) in [6.45, 7) is 4.67. The van der Waals surface area contributed by atoms with Gasteiger partial charge in [-0.25, -0.2) is 17.5 Å². The first kappa shape index (κ1) is 31.5. The number of ether oxygens (including phenoxy) is 2. The van der Waals surface area contributed by atoms with Crippen molar-refractivity contribution in [2.24, 2.45) is 0 Å². The van der Waals surface area contributed by atoms with Crippen molar-refractivity contribution in [3.05, 3.63) is 94.5 Å². The third-order valence-electron chi connectivity index (χ3n) is 6.86. The Balaban J connectivity index is 1.53. The minimum absolute atomic E-state index is 0.0746. The molecule has 0 radical (unpaired) electrons. The third-order valence-corrected chi connectivity index (χ3v) is 8.92. The van der Waals surface area contributed by atoms with Gasteiger partial charge in [-0.15, -0.1) is 0 Å². The fraction of sp³-hybridized carbons (Fsp3) is 0.323. The molecule has 0 spiro atoms. The molecule has 0 aliphatic carbocycles. The normalized spacial score (nSPS) is 13.3. The number of nitrogens with zero attached hydrogens (tertiary/aromatic N) is 2. The molecule has 0 aliphatic heterocycles. The maximum Gasteiger partial charge on any atom is 0.515 e. The van der Waals surface area contributed by atoms with Gasteiger partial charge in [-0.1, -0.05) is 41.9 Å². The van der Waals surface area contributed by atoms with E-state index >= 15 is 0 Å². The maximum absolute atomic E-state index is 12.5. The second kappa shape index (κ2) is 13.7. The molecule has 1 heterocycles. The smallest absolute Gasteiger partial charge is 0.434 e. The number of benzene rings is 3. The molecular formula is C31H36ClN3O6S. The van der Waals surface area contributed by atoms with E-state index in [4.69, 9.17) is 21.1 Å². The standard InChI is InChI=1S/C31H36ClN3O6S/c1-5-40-31(37)41-30-18-25-16-23(15-21(2)33-19-29(36)24-7-6-8-26(32)17-24)11-14-28(25)35(30)20-22-9-12-27(13-10-22)42(38,39)34(3)4/h6-14,16-18,21,29,33,36H,5,15,19-20H2,1-4H3/t21-,29+/m1/s1. The van der Waals surface area contributed by atoms with Gasteiger partial charge in [0.15, 0.2) is 0 Å². The van der Waals surface area contributed by atoms with Crippen LogP contribution in [0.2, 0.25) is 5.02 Å². The minimum Gasteiger partial charge on any atom is -0.434 e. The molecule has 0 bridgehead atoms. The van der Waals surface area contributed by atoms with Gasteiger partial charge in [-0.2, -0.15) is 0 Å². The molecule has 1 aromatic heterocycles. The van der Waals surface area contributed by atoms with Crippen molar-refractivity contribution in [3.8, 4) is 5.88 Å². The molecule has 0 fully saturated rings. The number of nitrogens with one attached hydrogen (secondary N) is 1. The van der Waals surface area contributed by atoms with Gasteiger partial charge in [0, 0.05) is 43.2 Å². The highest BCUT2D eigenvalue weighted by molar-refractivity contribution is 7.89. The van der Waals surface area contributed by atoms with Gasteiger partial charge < -0.3 is 24.5 Å². The average Bonchev–Trinajstić information content (AvgIpc) is 3.27. The first-order valence-corrected chi connectivity index (χ1v) is 15.4. The Kier molecular flexibility index (Phi) is 10.3. The number of aromatic nitrogens is 1. The lowest BCUT2D eigenvalue weighted by molar-refractivity contribution is 0.101. The van der Waals surface area contributed by atoms with Crippen LogP contribution in [0.1, 0.15) is 36.6 Å². The van der Waals surface area contributed by atoms with Gasteiger partial charge in [0.05, 0.1) is 29.7 Å². The van der Waals surface area contributed by atoms with Gasteiger partial charge in [0.1, 0.15) is 0 Å². The molecule has 2 atom stereocenters. The number of aliphatic hydroxyl groups is 1. The zero-order valence-electron chi connectivity index (χ0n) is 24.1. The van der Waals surface area contributed by atoms with E-state index in [1.54, 1.807) is 49.4 Å². The zero-order valence-corrected chi connectivity index (χ0v) is 25.7. The SMILES string of the molecule is CCOC(=O)Oc1cc2cc(C[C@@H](C)NC[C@H](O)c3cccc(Cl)c3)ccc2n1Cc1ccc(S(=O)(=O)N(C)C)cc1. The lowest BCUT2D eigenvalue weighted by Crippen LogP contribution is -2.32. The molecule has 9 nitrogen and oxygen atoms in total. The van der Waals surface area contributed by atoms with Crippen LogP contribution in [-0.4, -0.2) is 61.8 Å². The Morgan fingerprint density at radius 1 is 1.05 bits per heavy atom. The van der Waals surface area contributed by atoms with Crippen molar-refractivity contribution in [1.82, 2.24) is 14.2 Å². The van der Waals surface area contributed by atoms with E-state index in [-0.39, 0.29) is 17.5 Å². The number of carbonyl (C=O) groups excluding carboxylic acids is 1. The fourth-order valence-electron chi connectivity index (χ4n) is 4.63. The van der Waals surface area contributed by atoms with Crippen LogP contribution >= 0.6 is 11.6 Å². The summed E-state index contributed by atoms with van der Waals surface area (Å²) >= 11 is 6.05. The molecule has 42 heavy (non-hydrogen) atoms. The van der Waals surface area contributed by atoms with Crippen molar-refractivity contribution in [3.63, 3.8) is 0 Å². The lowest BCUT2D eigenvalue weighted by atomic mass is 10.0. The molecule has 0 amide bonds. The van der Waals surface area contributed by atoms with E-state index in [9.17, 15) is 18.3 Å². The Morgan fingerprint density at radius 3 is 2.43 bits per heavy atom. The van der Waals surface area contributed by atoms with Crippen molar-refractivity contribution in [2.75, 3.05) is 27.2 Å². The van der Waals surface area contributed by atoms with Gasteiger partial charge in [0.25, 0.3) is 0 Å². The number of sulfonamides is 1. The second-order valence-electron chi connectivity index (χ2n) is 10.3. The van der Waals surface area contributed by atoms with E-state index in [2.05, 4.69) is 12.2 Å². The molecule has 11 heteroatoms. The summed E-state index contributed by atoms with van der Waals surface area (Å²) in [5, 5.41) is 15.4. The van der Waals surface area contributed by atoms with Gasteiger partial charge in [-0.05, 0) is 73.4 Å². The lowest BCUT2D eigenvalue weighted by Gasteiger charge is -2.18.